The summed E-state index contributed by atoms with van der Waals surface area (Å²) in [6, 6.07) is 12.3. The van der Waals surface area contributed by atoms with Crippen molar-refractivity contribution in [1.29, 1.82) is 0 Å². The summed E-state index contributed by atoms with van der Waals surface area (Å²) in [6.45, 7) is 4.59. The molecule has 34 heavy (non-hydrogen) atoms. The van der Waals surface area contributed by atoms with E-state index in [1.54, 1.807) is 55.5 Å². The fraction of sp³-hybridized carbons (Fsp3) is 0.217. The Bertz CT molecular complexity index is 1250. The summed E-state index contributed by atoms with van der Waals surface area (Å²) in [5.41, 5.74) is 3.54. The molecule has 0 spiro atoms. The van der Waals surface area contributed by atoms with Crippen LogP contribution < -0.4 is 14.9 Å². The number of aromatic nitrogens is 2. The molecule has 0 aliphatic rings. The average molecular weight is 465 g/mol. The van der Waals surface area contributed by atoms with Gasteiger partial charge in [0.25, 0.3) is 5.91 Å². The number of hydrazone groups is 1. The van der Waals surface area contributed by atoms with Crippen molar-refractivity contribution in [2.45, 2.75) is 26.8 Å². The normalized spacial score (nSPS) is 11.8. The van der Waals surface area contributed by atoms with Gasteiger partial charge in [0.2, 0.25) is 0 Å². The van der Waals surface area contributed by atoms with Crippen molar-refractivity contribution in [3.8, 4) is 11.5 Å². The van der Waals surface area contributed by atoms with Gasteiger partial charge in [-0.15, -0.1) is 0 Å². The van der Waals surface area contributed by atoms with Crippen molar-refractivity contribution >= 4 is 23.8 Å². The molecule has 0 saturated carbocycles. The van der Waals surface area contributed by atoms with Crippen LogP contribution in [0.4, 0.5) is 5.69 Å². The lowest BCUT2D eigenvalue weighted by atomic mass is 10.2. The van der Waals surface area contributed by atoms with Gasteiger partial charge in [-0.3, -0.25) is 19.6 Å². The zero-order chi connectivity index (χ0) is 24.8. The third-order valence-corrected chi connectivity index (χ3v) is 5.04. The molecule has 1 N–H and O–H groups in total. The van der Waals surface area contributed by atoms with Gasteiger partial charge in [0.05, 0.1) is 23.8 Å². The minimum Gasteiger partial charge on any atom is -0.497 e. The Balaban J connectivity index is 1.69. The zero-order valence-corrected chi connectivity index (χ0v) is 19.0. The fourth-order valence-electron chi connectivity index (χ4n) is 3.23. The van der Waals surface area contributed by atoms with E-state index >= 15 is 0 Å². The molecule has 1 heterocycles. The molecule has 0 bridgehead atoms. The van der Waals surface area contributed by atoms with Crippen LogP contribution >= 0.6 is 0 Å². The number of benzene rings is 2. The predicted molar refractivity (Wildman–Crippen MR) is 123 cm³/mol. The lowest BCUT2D eigenvalue weighted by Crippen LogP contribution is -2.28. The number of carbonyl (C=O) groups excluding carboxylic acids is 2. The zero-order valence-electron chi connectivity index (χ0n) is 19.0. The molecule has 0 fully saturated rings. The van der Waals surface area contributed by atoms with Crippen molar-refractivity contribution in [3.05, 3.63) is 81.2 Å². The predicted octanol–water partition coefficient (Wildman–Crippen LogP) is 3.35. The van der Waals surface area contributed by atoms with E-state index in [4.69, 9.17) is 9.47 Å². The van der Waals surface area contributed by atoms with Gasteiger partial charge in [0.1, 0.15) is 28.9 Å². The van der Waals surface area contributed by atoms with Gasteiger partial charge in [-0.2, -0.15) is 10.2 Å². The Morgan fingerprint density at radius 1 is 1.18 bits per heavy atom. The number of nitrogens with zero attached hydrogens (tertiary/aromatic N) is 4. The topological polar surface area (TPSA) is 138 Å². The molecule has 0 aliphatic heterocycles. The number of nitro groups is 1. The van der Waals surface area contributed by atoms with E-state index in [9.17, 15) is 19.7 Å². The average Bonchev–Trinajstić information content (AvgIpc) is 3.13. The summed E-state index contributed by atoms with van der Waals surface area (Å²) < 4.78 is 11.8. The highest BCUT2D eigenvalue weighted by atomic mass is 16.6. The maximum absolute atomic E-state index is 12.5. The summed E-state index contributed by atoms with van der Waals surface area (Å²) in [4.78, 5) is 35.7. The van der Waals surface area contributed by atoms with Crippen molar-refractivity contribution in [1.82, 2.24) is 15.2 Å². The van der Waals surface area contributed by atoms with E-state index in [1.165, 1.54) is 31.9 Å². The summed E-state index contributed by atoms with van der Waals surface area (Å²) in [6.07, 6.45) is 1.34. The highest BCUT2D eigenvalue weighted by molar-refractivity contribution is 5.93. The molecular weight excluding hydrogens is 442 g/mol. The van der Waals surface area contributed by atoms with E-state index in [-0.39, 0.29) is 22.8 Å². The number of methoxy groups -OCH3 is 1. The van der Waals surface area contributed by atoms with Gasteiger partial charge in [0.15, 0.2) is 0 Å². The van der Waals surface area contributed by atoms with Crippen LogP contribution in [0.2, 0.25) is 0 Å². The molecule has 0 radical (unpaired) electrons. The number of esters is 1. The van der Waals surface area contributed by atoms with Crippen LogP contribution in [0.15, 0.2) is 53.6 Å². The first-order valence-electron chi connectivity index (χ1n) is 10.2. The van der Waals surface area contributed by atoms with Crippen LogP contribution in [-0.2, 0) is 4.79 Å². The number of para-hydroxylation sites is 1. The molecule has 176 valence electrons. The molecule has 2 aromatic carbocycles. The molecule has 1 amide bonds. The first-order chi connectivity index (χ1) is 16.2. The number of hydrogen-bond donors (Lipinski definition) is 1. The minimum absolute atomic E-state index is 0.129. The Hall–Kier alpha value is -4.54. The minimum atomic E-state index is -0.840. The number of hydrogen-bond acceptors (Lipinski definition) is 8. The molecule has 11 nitrogen and oxygen atoms in total. The third kappa shape index (κ3) is 5.26. The Morgan fingerprint density at radius 3 is 2.47 bits per heavy atom. The van der Waals surface area contributed by atoms with E-state index in [2.05, 4.69) is 15.6 Å². The lowest BCUT2D eigenvalue weighted by molar-refractivity contribution is -0.386. The molecular formula is C23H23N5O6. The van der Waals surface area contributed by atoms with Crippen molar-refractivity contribution in [3.63, 3.8) is 0 Å². The smallest absolute Gasteiger partial charge is 0.343 e. The van der Waals surface area contributed by atoms with Crippen LogP contribution in [0.25, 0.3) is 0 Å². The summed E-state index contributed by atoms with van der Waals surface area (Å²) in [5, 5.41) is 19.2. The fourth-order valence-corrected chi connectivity index (χ4v) is 3.23. The molecule has 11 heteroatoms. The number of rotatable bonds is 8. The standard InChI is InChI=1S/C23H23N5O6/c1-14-21(28(31)32)15(2)27(26-14)16(3)22(29)25-24-13-18-7-5-6-8-20(18)34-23(30)17-9-11-19(33-4)12-10-17/h5-13,16H,1-4H3,(H,25,29). The first kappa shape index (κ1) is 24.1. The number of ether oxygens (including phenoxy) is 2. The van der Waals surface area contributed by atoms with Gasteiger partial charge >= 0.3 is 11.7 Å². The maximum atomic E-state index is 12.5. The molecule has 1 atom stereocenters. The van der Waals surface area contributed by atoms with E-state index < -0.39 is 22.8 Å². The Labute approximate surface area is 195 Å². The van der Waals surface area contributed by atoms with Gasteiger partial charge in [-0.05, 0) is 57.2 Å². The molecule has 1 unspecified atom stereocenters. The number of nitrogens with one attached hydrogen (secondary N) is 1. The largest absolute Gasteiger partial charge is 0.497 e. The third-order valence-electron chi connectivity index (χ3n) is 5.04. The number of carbonyl (C=O) groups is 2. The number of aryl methyl sites for hydroxylation is 1. The van der Waals surface area contributed by atoms with Gasteiger partial charge in [-0.1, -0.05) is 12.1 Å². The summed E-state index contributed by atoms with van der Waals surface area (Å²) in [7, 11) is 1.53. The van der Waals surface area contributed by atoms with Gasteiger partial charge in [0, 0.05) is 5.56 Å². The molecule has 0 saturated heterocycles. The van der Waals surface area contributed by atoms with E-state index in [0.29, 0.717) is 16.9 Å². The maximum Gasteiger partial charge on any atom is 0.343 e. The van der Waals surface area contributed by atoms with Crippen LogP contribution in [0, 0.1) is 24.0 Å². The second kappa shape index (κ2) is 10.4. The van der Waals surface area contributed by atoms with Gasteiger partial charge in [-0.25, -0.2) is 10.2 Å². The summed E-state index contributed by atoms with van der Waals surface area (Å²) >= 11 is 0. The molecule has 0 aliphatic carbocycles. The molecule has 1 aromatic heterocycles. The second-order valence-electron chi connectivity index (χ2n) is 7.29. The highest BCUT2D eigenvalue weighted by Gasteiger charge is 2.26. The summed E-state index contributed by atoms with van der Waals surface area (Å²) in [5.74, 6) is -0.218. The van der Waals surface area contributed by atoms with Crippen LogP contribution in [0.5, 0.6) is 11.5 Å². The quantitative estimate of drug-likeness (QED) is 0.177. The van der Waals surface area contributed by atoms with Crippen LogP contribution in [0.3, 0.4) is 0 Å². The molecule has 3 rings (SSSR count). The van der Waals surface area contributed by atoms with E-state index in [1.807, 2.05) is 0 Å². The lowest BCUT2D eigenvalue weighted by Gasteiger charge is -2.12. The Kier molecular flexibility index (Phi) is 7.36. The SMILES string of the molecule is COc1ccc(C(=O)Oc2ccccc2C=NNC(=O)C(C)n2nc(C)c([N+](=O)[O-])c2C)cc1. The monoisotopic (exact) mass is 465 g/mol. The van der Waals surface area contributed by atoms with Crippen molar-refractivity contribution in [2.24, 2.45) is 5.10 Å². The first-order valence-corrected chi connectivity index (χ1v) is 10.2. The van der Waals surface area contributed by atoms with Crippen LogP contribution in [0.1, 0.15) is 40.3 Å². The highest BCUT2D eigenvalue weighted by Crippen LogP contribution is 2.24. The van der Waals surface area contributed by atoms with Crippen molar-refractivity contribution < 1.29 is 24.0 Å². The number of amides is 1. The second-order valence-corrected chi connectivity index (χ2v) is 7.29. The molecule has 3 aromatic rings. The van der Waals surface area contributed by atoms with Crippen LogP contribution in [-0.4, -0.2) is 39.9 Å². The van der Waals surface area contributed by atoms with Gasteiger partial charge < -0.3 is 9.47 Å². The Morgan fingerprint density at radius 2 is 1.85 bits per heavy atom. The van der Waals surface area contributed by atoms with Crippen molar-refractivity contribution in [2.75, 3.05) is 7.11 Å². The van der Waals surface area contributed by atoms with E-state index in [0.717, 1.165) is 0 Å².